The number of rotatable bonds is 3. The van der Waals surface area contributed by atoms with Gasteiger partial charge in [0.1, 0.15) is 17.3 Å². The van der Waals surface area contributed by atoms with Crippen LogP contribution in [-0.2, 0) is 14.2 Å². The fourth-order valence-electron chi connectivity index (χ4n) is 2.49. The molecule has 1 unspecified atom stereocenters. The molecule has 2 rings (SSSR count). The largest absolute Gasteiger partial charge is 0.456 e. The second kappa shape index (κ2) is 7.53. The molecule has 0 bridgehead atoms. The molecule has 1 fully saturated rings. The maximum Gasteiger partial charge on any atom is 0.358 e. The second-order valence-electron chi connectivity index (χ2n) is 8.26. The summed E-state index contributed by atoms with van der Waals surface area (Å²) in [5.41, 5.74) is -1.13. The molecule has 0 radical (unpaired) electrons. The number of nitrogens with zero attached hydrogens (tertiary/aromatic N) is 1. The van der Waals surface area contributed by atoms with Crippen molar-refractivity contribution in [2.45, 2.75) is 71.7 Å². The summed E-state index contributed by atoms with van der Waals surface area (Å²) in [7, 11) is 0. The van der Waals surface area contributed by atoms with Crippen LogP contribution in [0.4, 0.5) is 0 Å². The predicted molar refractivity (Wildman–Crippen MR) is 97.5 cm³/mol. The van der Waals surface area contributed by atoms with E-state index in [0.717, 1.165) is 12.8 Å². The van der Waals surface area contributed by atoms with E-state index in [9.17, 15) is 9.59 Å². The van der Waals surface area contributed by atoms with Crippen LogP contribution >= 0.6 is 11.6 Å². The van der Waals surface area contributed by atoms with Crippen LogP contribution in [0, 0.1) is 0 Å². The van der Waals surface area contributed by atoms with E-state index in [1.165, 1.54) is 6.07 Å². The van der Waals surface area contributed by atoms with Crippen LogP contribution in [-0.4, -0.2) is 34.7 Å². The monoisotopic (exact) mass is 383 g/mol. The van der Waals surface area contributed by atoms with Crippen molar-refractivity contribution >= 4 is 23.5 Å². The van der Waals surface area contributed by atoms with E-state index in [1.807, 2.05) is 0 Å². The Balaban J connectivity index is 2.49. The SMILES string of the molecule is CC(C)(C)OC(=O)c1cc(Cl)c(C2CCCO2)nc1C(=O)OC(C)(C)C. The van der Waals surface area contributed by atoms with Crippen molar-refractivity contribution < 1.29 is 23.8 Å². The lowest BCUT2D eigenvalue weighted by Crippen LogP contribution is -2.29. The molecule has 1 saturated heterocycles. The Morgan fingerprint density at radius 1 is 1.12 bits per heavy atom. The highest BCUT2D eigenvalue weighted by Gasteiger charge is 2.31. The molecule has 0 N–H and O–H groups in total. The van der Waals surface area contributed by atoms with Crippen LogP contribution in [0.2, 0.25) is 5.02 Å². The first-order chi connectivity index (χ1) is 11.9. The quantitative estimate of drug-likeness (QED) is 0.715. The predicted octanol–water partition coefficient (Wildman–Crippen LogP) is 4.50. The Labute approximate surface area is 159 Å². The third-order valence-electron chi connectivity index (χ3n) is 3.45. The van der Waals surface area contributed by atoms with Crippen molar-refractivity contribution in [2.24, 2.45) is 0 Å². The minimum atomic E-state index is -0.729. The van der Waals surface area contributed by atoms with E-state index in [4.69, 9.17) is 25.8 Å². The molecular formula is C19H26ClNO5. The summed E-state index contributed by atoms with van der Waals surface area (Å²) in [6, 6.07) is 1.42. The lowest BCUT2D eigenvalue weighted by molar-refractivity contribution is 0.00121. The van der Waals surface area contributed by atoms with E-state index >= 15 is 0 Å². The number of carbonyl (C=O) groups is 2. The zero-order chi connectivity index (χ0) is 19.7. The summed E-state index contributed by atoms with van der Waals surface area (Å²) in [6.07, 6.45) is 1.35. The van der Waals surface area contributed by atoms with Crippen molar-refractivity contribution in [1.29, 1.82) is 0 Å². The van der Waals surface area contributed by atoms with Gasteiger partial charge in [0.05, 0.1) is 16.3 Å². The molecule has 0 spiro atoms. The van der Waals surface area contributed by atoms with Gasteiger partial charge in [-0.2, -0.15) is 0 Å². The normalized spacial score (nSPS) is 17.9. The van der Waals surface area contributed by atoms with Crippen molar-refractivity contribution in [1.82, 2.24) is 4.98 Å². The Hall–Kier alpha value is -1.66. The van der Waals surface area contributed by atoms with Gasteiger partial charge in [0.15, 0.2) is 5.69 Å². The summed E-state index contributed by atoms with van der Waals surface area (Å²) in [5, 5.41) is 0.269. The average Bonchev–Trinajstić information content (AvgIpc) is 2.97. The third-order valence-corrected chi connectivity index (χ3v) is 3.75. The fraction of sp³-hybridized carbons (Fsp3) is 0.632. The molecule has 26 heavy (non-hydrogen) atoms. The molecule has 2 heterocycles. The number of hydrogen-bond acceptors (Lipinski definition) is 6. The van der Waals surface area contributed by atoms with Crippen LogP contribution in [0.1, 0.15) is 87.0 Å². The van der Waals surface area contributed by atoms with E-state index in [2.05, 4.69) is 4.98 Å². The number of aromatic nitrogens is 1. The van der Waals surface area contributed by atoms with Crippen molar-refractivity contribution in [2.75, 3.05) is 6.61 Å². The Kier molecular flexibility index (Phi) is 5.98. The van der Waals surface area contributed by atoms with Gasteiger partial charge in [0.2, 0.25) is 0 Å². The van der Waals surface area contributed by atoms with Crippen LogP contribution in [0.25, 0.3) is 0 Å². The highest BCUT2D eigenvalue weighted by atomic mass is 35.5. The molecule has 1 aliphatic rings. The van der Waals surface area contributed by atoms with Crippen LogP contribution < -0.4 is 0 Å². The van der Waals surface area contributed by atoms with E-state index in [1.54, 1.807) is 41.5 Å². The summed E-state index contributed by atoms with van der Waals surface area (Å²) in [5.74, 6) is -1.37. The number of pyridine rings is 1. The first-order valence-corrected chi connectivity index (χ1v) is 9.04. The maximum atomic E-state index is 12.7. The number of halogens is 1. The van der Waals surface area contributed by atoms with Gasteiger partial charge in [-0.1, -0.05) is 11.6 Å². The van der Waals surface area contributed by atoms with Gasteiger partial charge in [0.25, 0.3) is 0 Å². The molecule has 0 amide bonds. The number of esters is 2. The van der Waals surface area contributed by atoms with Crippen molar-refractivity contribution in [3.05, 3.63) is 28.0 Å². The molecule has 1 aromatic heterocycles. The molecule has 0 aromatic carbocycles. The summed E-state index contributed by atoms with van der Waals surface area (Å²) < 4.78 is 16.4. The summed E-state index contributed by atoms with van der Waals surface area (Å²) in [4.78, 5) is 29.6. The van der Waals surface area contributed by atoms with E-state index < -0.39 is 23.1 Å². The molecular weight excluding hydrogens is 358 g/mol. The maximum absolute atomic E-state index is 12.7. The average molecular weight is 384 g/mol. The first-order valence-electron chi connectivity index (χ1n) is 8.66. The number of ether oxygens (including phenoxy) is 3. The van der Waals surface area contributed by atoms with Gasteiger partial charge < -0.3 is 14.2 Å². The van der Waals surface area contributed by atoms with Crippen LogP contribution in [0.5, 0.6) is 0 Å². The molecule has 6 nitrogen and oxygen atoms in total. The van der Waals surface area contributed by atoms with Crippen LogP contribution in [0.15, 0.2) is 6.07 Å². The standard InChI is InChI=1S/C19H26ClNO5/c1-18(2,3)25-16(22)11-10-12(20)15(13-8-7-9-24-13)21-14(11)17(23)26-19(4,5)6/h10,13H,7-9H2,1-6H3. The van der Waals surface area contributed by atoms with E-state index in [-0.39, 0.29) is 22.4 Å². The topological polar surface area (TPSA) is 74.7 Å². The molecule has 1 aliphatic heterocycles. The molecule has 1 aromatic rings. The highest BCUT2D eigenvalue weighted by molar-refractivity contribution is 6.31. The van der Waals surface area contributed by atoms with Gasteiger partial charge in [-0.15, -0.1) is 0 Å². The Morgan fingerprint density at radius 3 is 2.19 bits per heavy atom. The van der Waals surface area contributed by atoms with Gasteiger partial charge >= 0.3 is 11.9 Å². The highest BCUT2D eigenvalue weighted by Crippen LogP contribution is 2.33. The summed E-state index contributed by atoms with van der Waals surface area (Å²) >= 11 is 6.33. The zero-order valence-electron chi connectivity index (χ0n) is 16.1. The van der Waals surface area contributed by atoms with Gasteiger partial charge in [-0.05, 0) is 60.5 Å². The summed E-state index contributed by atoms with van der Waals surface area (Å²) in [6.45, 7) is 11.1. The van der Waals surface area contributed by atoms with Gasteiger partial charge in [-0.25, -0.2) is 14.6 Å². The lowest BCUT2D eigenvalue weighted by atomic mass is 10.1. The minimum absolute atomic E-state index is 0.0130. The molecule has 0 aliphatic carbocycles. The second-order valence-corrected chi connectivity index (χ2v) is 8.66. The number of carbonyl (C=O) groups excluding carboxylic acids is 2. The smallest absolute Gasteiger partial charge is 0.358 e. The third kappa shape index (κ3) is 5.42. The first kappa shape index (κ1) is 20.6. The van der Waals surface area contributed by atoms with E-state index in [0.29, 0.717) is 12.3 Å². The van der Waals surface area contributed by atoms with Gasteiger partial charge in [-0.3, -0.25) is 0 Å². The van der Waals surface area contributed by atoms with Gasteiger partial charge in [0, 0.05) is 6.61 Å². The zero-order valence-corrected chi connectivity index (χ0v) is 16.9. The van der Waals surface area contributed by atoms with Crippen molar-refractivity contribution in [3.8, 4) is 0 Å². The van der Waals surface area contributed by atoms with Crippen molar-refractivity contribution in [3.63, 3.8) is 0 Å². The Bertz CT molecular complexity index is 697. The number of hydrogen-bond donors (Lipinski definition) is 0. The Morgan fingerprint density at radius 2 is 1.69 bits per heavy atom. The molecule has 7 heteroatoms. The molecule has 0 saturated carbocycles. The molecule has 1 atom stereocenters. The van der Waals surface area contributed by atoms with Crippen LogP contribution in [0.3, 0.4) is 0 Å². The minimum Gasteiger partial charge on any atom is -0.456 e. The fourth-order valence-corrected chi connectivity index (χ4v) is 2.77. The molecule has 144 valence electrons. The lowest BCUT2D eigenvalue weighted by Gasteiger charge is -2.23.